The van der Waals surface area contributed by atoms with Crippen LogP contribution < -0.4 is 15.4 Å². The number of hydrogen-bond acceptors (Lipinski definition) is 4. The zero-order chi connectivity index (χ0) is 15.9. The van der Waals surface area contributed by atoms with Crippen LogP contribution in [0, 0.1) is 5.82 Å². The van der Waals surface area contributed by atoms with Gasteiger partial charge in [0.15, 0.2) is 0 Å². The molecule has 7 heteroatoms. The van der Waals surface area contributed by atoms with Gasteiger partial charge < -0.3 is 15.4 Å². The summed E-state index contributed by atoms with van der Waals surface area (Å²) in [5.74, 6) is -1.03. The second-order valence-corrected chi connectivity index (χ2v) is 4.33. The Morgan fingerprint density at radius 2 is 2.09 bits per heavy atom. The van der Waals surface area contributed by atoms with Crippen LogP contribution in [0.3, 0.4) is 0 Å². The number of halogens is 1. The van der Waals surface area contributed by atoms with E-state index in [1.165, 1.54) is 31.5 Å². The lowest BCUT2D eigenvalue weighted by Crippen LogP contribution is -2.32. The summed E-state index contributed by atoms with van der Waals surface area (Å²) in [5.41, 5.74) is 0.629. The minimum atomic E-state index is -0.525. The van der Waals surface area contributed by atoms with E-state index < -0.39 is 17.6 Å². The van der Waals surface area contributed by atoms with Crippen LogP contribution in [0.4, 0.5) is 10.1 Å². The van der Waals surface area contributed by atoms with Gasteiger partial charge in [0.1, 0.15) is 5.82 Å². The minimum Gasteiger partial charge on any atom is -0.481 e. The molecule has 2 aromatic rings. The molecule has 2 N–H and O–H groups in total. The Morgan fingerprint density at radius 3 is 2.73 bits per heavy atom. The van der Waals surface area contributed by atoms with Crippen molar-refractivity contribution in [3.8, 4) is 5.88 Å². The number of pyridine rings is 1. The van der Waals surface area contributed by atoms with Crippen LogP contribution in [-0.2, 0) is 4.79 Å². The van der Waals surface area contributed by atoms with Gasteiger partial charge in [-0.25, -0.2) is 9.37 Å². The predicted octanol–water partition coefficient (Wildman–Crippen LogP) is 1.60. The topological polar surface area (TPSA) is 80.3 Å². The third-order valence-corrected chi connectivity index (χ3v) is 2.73. The predicted molar refractivity (Wildman–Crippen MR) is 78.2 cm³/mol. The first-order chi connectivity index (χ1) is 10.6. The Bertz CT molecular complexity index is 674. The summed E-state index contributed by atoms with van der Waals surface area (Å²) in [4.78, 5) is 27.4. The molecule has 1 heterocycles. The van der Waals surface area contributed by atoms with E-state index in [1.54, 1.807) is 12.1 Å². The second kappa shape index (κ2) is 7.16. The molecular formula is C15H14FN3O3. The van der Waals surface area contributed by atoms with Gasteiger partial charge in [0.05, 0.1) is 25.5 Å². The fraction of sp³-hybridized carbons (Fsp3) is 0.133. The van der Waals surface area contributed by atoms with E-state index in [4.69, 9.17) is 4.74 Å². The number of rotatable bonds is 5. The Hall–Kier alpha value is -2.96. The summed E-state index contributed by atoms with van der Waals surface area (Å²) < 4.78 is 17.9. The number of benzene rings is 1. The molecule has 0 atom stereocenters. The van der Waals surface area contributed by atoms with Gasteiger partial charge in [-0.15, -0.1) is 0 Å². The summed E-state index contributed by atoms with van der Waals surface area (Å²) >= 11 is 0. The molecule has 0 saturated carbocycles. The number of ether oxygens (including phenoxy) is 1. The average Bonchev–Trinajstić information content (AvgIpc) is 2.53. The van der Waals surface area contributed by atoms with Gasteiger partial charge in [0, 0.05) is 11.6 Å². The lowest BCUT2D eigenvalue weighted by atomic mass is 10.2. The monoisotopic (exact) mass is 303 g/mol. The van der Waals surface area contributed by atoms with Crippen LogP contribution in [-0.4, -0.2) is 30.5 Å². The molecule has 0 saturated heterocycles. The fourth-order valence-electron chi connectivity index (χ4n) is 1.67. The number of amides is 2. The Kier molecular flexibility index (Phi) is 5.02. The molecule has 0 unspecified atom stereocenters. The van der Waals surface area contributed by atoms with Crippen LogP contribution in [0.5, 0.6) is 5.88 Å². The van der Waals surface area contributed by atoms with E-state index in [-0.39, 0.29) is 12.1 Å². The first-order valence-corrected chi connectivity index (χ1v) is 6.42. The van der Waals surface area contributed by atoms with E-state index in [1.807, 2.05) is 0 Å². The number of methoxy groups -OCH3 is 1. The highest BCUT2D eigenvalue weighted by Crippen LogP contribution is 2.10. The van der Waals surface area contributed by atoms with Gasteiger partial charge in [-0.3, -0.25) is 9.59 Å². The van der Waals surface area contributed by atoms with E-state index in [2.05, 4.69) is 15.6 Å². The molecule has 114 valence electrons. The molecule has 0 bridgehead atoms. The number of carbonyl (C=O) groups excluding carboxylic acids is 2. The number of hydrogen-bond donors (Lipinski definition) is 2. The third kappa shape index (κ3) is 4.27. The van der Waals surface area contributed by atoms with Crippen molar-refractivity contribution in [2.45, 2.75) is 0 Å². The van der Waals surface area contributed by atoms with Crippen LogP contribution in [0.2, 0.25) is 0 Å². The number of nitrogens with one attached hydrogen (secondary N) is 2. The first-order valence-electron chi connectivity index (χ1n) is 6.42. The number of carbonyl (C=O) groups is 2. The highest BCUT2D eigenvalue weighted by atomic mass is 19.1. The standard InChI is InChI=1S/C15H14FN3O3/c1-22-14-6-5-12(8-17-14)19-13(20)9-18-15(21)10-3-2-4-11(16)7-10/h2-8H,9H2,1H3,(H,18,21)(H,19,20). The lowest BCUT2D eigenvalue weighted by Gasteiger charge is -2.07. The highest BCUT2D eigenvalue weighted by Gasteiger charge is 2.09. The van der Waals surface area contributed by atoms with Crippen LogP contribution in [0.25, 0.3) is 0 Å². The minimum absolute atomic E-state index is 0.152. The first kappa shape index (κ1) is 15.4. The van der Waals surface area contributed by atoms with Gasteiger partial charge >= 0.3 is 0 Å². The van der Waals surface area contributed by atoms with Crippen molar-refractivity contribution in [2.75, 3.05) is 19.0 Å². The smallest absolute Gasteiger partial charge is 0.251 e. The Balaban J connectivity index is 1.85. The van der Waals surface area contributed by atoms with E-state index in [9.17, 15) is 14.0 Å². The van der Waals surface area contributed by atoms with Crippen LogP contribution in [0.15, 0.2) is 42.6 Å². The number of nitrogens with zero attached hydrogens (tertiary/aromatic N) is 1. The van der Waals surface area contributed by atoms with Crippen LogP contribution in [0.1, 0.15) is 10.4 Å². The summed E-state index contributed by atoms with van der Waals surface area (Å²) in [6, 6.07) is 8.44. The average molecular weight is 303 g/mol. The van der Waals surface area contributed by atoms with Gasteiger partial charge in [-0.05, 0) is 24.3 Å². The lowest BCUT2D eigenvalue weighted by molar-refractivity contribution is -0.115. The SMILES string of the molecule is COc1ccc(NC(=O)CNC(=O)c2cccc(F)c2)cn1. The Labute approximate surface area is 126 Å². The Morgan fingerprint density at radius 1 is 1.27 bits per heavy atom. The number of anilines is 1. The normalized spacial score (nSPS) is 9.91. The molecule has 0 fully saturated rings. The molecule has 2 amide bonds. The zero-order valence-electron chi connectivity index (χ0n) is 11.8. The molecular weight excluding hydrogens is 289 g/mol. The summed E-state index contributed by atoms with van der Waals surface area (Å²) in [6.45, 7) is -0.235. The second-order valence-electron chi connectivity index (χ2n) is 4.33. The summed E-state index contributed by atoms with van der Waals surface area (Å²) in [5, 5.41) is 4.97. The fourth-order valence-corrected chi connectivity index (χ4v) is 1.67. The largest absolute Gasteiger partial charge is 0.481 e. The van der Waals surface area contributed by atoms with Gasteiger partial charge in [0.25, 0.3) is 5.91 Å². The van der Waals surface area contributed by atoms with Crippen molar-refractivity contribution in [3.05, 3.63) is 54.0 Å². The third-order valence-electron chi connectivity index (χ3n) is 2.73. The van der Waals surface area contributed by atoms with Crippen molar-refractivity contribution >= 4 is 17.5 Å². The van der Waals surface area contributed by atoms with Crippen molar-refractivity contribution in [3.63, 3.8) is 0 Å². The number of aromatic nitrogens is 1. The van der Waals surface area contributed by atoms with Gasteiger partial charge in [0.2, 0.25) is 11.8 Å². The molecule has 0 aliphatic rings. The molecule has 0 spiro atoms. The van der Waals surface area contributed by atoms with Crippen molar-refractivity contribution in [1.29, 1.82) is 0 Å². The maximum atomic E-state index is 13.0. The maximum Gasteiger partial charge on any atom is 0.251 e. The molecule has 2 rings (SSSR count). The molecule has 0 aliphatic heterocycles. The molecule has 1 aromatic heterocycles. The molecule has 1 aromatic carbocycles. The molecule has 6 nitrogen and oxygen atoms in total. The van der Waals surface area contributed by atoms with E-state index in [0.717, 1.165) is 6.07 Å². The van der Waals surface area contributed by atoms with Crippen molar-refractivity contribution < 1.29 is 18.7 Å². The molecule has 0 radical (unpaired) electrons. The maximum absolute atomic E-state index is 13.0. The highest BCUT2D eigenvalue weighted by molar-refractivity contribution is 5.99. The molecule has 22 heavy (non-hydrogen) atoms. The van der Waals surface area contributed by atoms with Crippen molar-refractivity contribution in [2.24, 2.45) is 0 Å². The van der Waals surface area contributed by atoms with E-state index >= 15 is 0 Å². The zero-order valence-corrected chi connectivity index (χ0v) is 11.8. The molecule has 0 aliphatic carbocycles. The quantitative estimate of drug-likeness (QED) is 0.879. The summed E-state index contributed by atoms with van der Waals surface area (Å²) in [7, 11) is 1.49. The van der Waals surface area contributed by atoms with Gasteiger partial charge in [-0.1, -0.05) is 6.07 Å². The van der Waals surface area contributed by atoms with Crippen molar-refractivity contribution in [1.82, 2.24) is 10.3 Å². The van der Waals surface area contributed by atoms with Gasteiger partial charge in [-0.2, -0.15) is 0 Å². The van der Waals surface area contributed by atoms with E-state index in [0.29, 0.717) is 11.6 Å². The van der Waals surface area contributed by atoms with Crippen LogP contribution >= 0.6 is 0 Å². The summed E-state index contributed by atoms with van der Waals surface area (Å²) in [6.07, 6.45) is 1.44.